The molecule has 3 unspecified atom stereocenters. The first-order valence-electron chi connectivity index (χ1n) is 6.75. The molecule has 4 heteroatoms. The number of carbonyl (C=O) groups excluding carboxylic acids is 1. The Morgan fingerprint density at radius 2 is 2.11 bits per heavy atom. The van der Waals surface area contributed by atoms with Crippen molar-refractivity contribution in [2.45, 2.75) is 39.2 Å². The summed E-state index contributed by atoms with van der Waals surface area (Å²) < 4.78 is 0.868. The summed E-state index contributed by atoms with van der Waals surface area (Å²) in [7, 11) is 0. The maximum absolute atomic E-state index is 12.3. The lowest BCUT2D eigenvalue weighted by molar-refractivity contribution is 0.0891. The molecule has 2 nitrogen and oxygen atoms in total. The summed E-state index contributed by atoms with van der Waals surface area (Å²) in [6, 6.07) is 5.61. The topological polar surface area (TPSA) is 29.1 Å². The molecule has 0 aromatic heterocycles. The molecule has 0 spiro atoms. The average Bonchev–Trinajstić information content (AvgIpc) is 2.38. The molecule has 19 heavy (non-hydrogen) atoms. The first-order valence-corrected chi connectivity index (χ1v) is 7.92. The van der Waals surface area contributed by atoms with Gasteiger partial charge < -0.3 is 5.32 Å². The molecule has 1 amide bonds. The third-order valence-corrected chi connectivity index (χ3v) is 5.02. The summed E-state index contributed by atoms with van der Waals surface area (Å²) in [5.74, 6) is 1.11. The average molecular weight is 345 g/mol. The highest BCUT2D eigenvalue weighted by Crippen LogP contribution is 2.30. The third kappa shape index (κ3) is 3.51. The first kappa shape index (κ1) is 14.9. The Hall–Kier alpha value is -0.540. The second-order valence-corrected chi connectivity index (χ2v) is 6.79. The quantitative estimate of drug-likeness (QED) is 0.831. The minimum Gasteiger partial charge on any atom is -0.349 e. The van der Waals surface area contributed by atoms with Crippen LogP contribution in [0.2, 0.25) is 5.02 Å². The highest BCUT2D eigenvalue weighted by Gasteiger charge is 2.28. The molecule has 0 bridgehead atoms. The molecule has 1 aromatic carbocycles. The molecule has 0 heterocycles. The van der Waals surface area contributed by atoms with Crippen molar-refractivity contribution in [1.82, 2.24) is 5.32 Å². The van der Waals surface area contributed by atoms with Gasteiger partial charge in [-0.05, 0) is 36.5 Å². The van der Waals surface area contributed by atoms with E-state index in [0.29, 0.717) is 22.4 Å². The van der Waals surface area contributed by atoms with E-state index in [9.17, 15) is 4.79 Å². The Bertz CT molecular complexity index is 477. The van der Waals surface area contributed by atoms with Gasteiger partial charge in [-0.25, -0.2) is 0 Å². The fourth-order valence-corrected chi connectivity index (χ4v) is 3.27. The van der Waals surface area contributed by atoms with Gasteiger partial charge in [-0.15, -0.1) is 0 Å². The summed E-state index contributed by atoms with van der Waals surface area (Å²) in [4.78, 5) is 12.3. The van der Waals surface area contributed by atoms with Crippen LogP contribution < -0.4 is 5.32 Å². The van der Waals surface area contributed by atoms with E-state index in [0.717, 1.165) is 10.9 Å². The van der Waals surface area contributed by atoms with E-state index >= 15 is 0 Å². The molecular formula is C15H19BrClNO. The fraction of sp³-hybridized carbons (Fsp3) is 0.533. The molecule has 3 atom stereocenters. The van der Waals surface area contributed by atoms with Gasteiger partial charge in [0.15, 0.2) is 0 Å². The van der Waals surface area contributed by atoms with E-state index in [2.05, 4.69) is 35.1 Å². The summed E-state index contributed by atoms with van der Waals surface area (Å²) in [5, 5.41) is 3.64. The predicted octanol–water partition coefficient (Wildman–Crippen LogP) is 4.66. The molecule has 1 saturated carbocycles. The Balaban J connectivity index is 2.10. The Kier molecular flexibility index (Phi) is 4.91. The van der Waals surface area contributed by atoms with Crippen LogP contribution in [0.5, 0.6) is 0 Å². The van der Waals surface area contributed by atoms with Crippen molar-refractivity contribution in [2.75, 3.05) is 0 Å². The molecule has 0 radical (unpaired) electrons. The molecule has 104 valence electrons. The van der Waals surface area contributed by atoms with E-state index in [4.69, 9.17) is 11.6 Å². The second kappa shape index (κ2) is 6.27. The molecule has 0 saturated heterocycles. The lowest BCUT2D eigenvalue weighted by Crippen LogP contribution is -2.43. The van der Waals surface area contributed by atoms with Crippen LogP contribution in [0.3, 0.4) is 0 Å². The number of hydrogen-bond acceptors (Lipinski definition) is 1. The summed E-state index contributed by atoms with van der Waals surface area (Å²) in [6.07, 6.45) is 3.50. The van der Waals surface area contributed by atoms with Crippen molar-refractivity contribution < 1.29 is 4.79 Å². The second-order valence-electron chi connectivity index (χ2n) is 5.47. The molecule has 1 aliphatic carbocycles. The molecule has 2 rings (SSSR count). The largest absolute Gasteiger partial charge is 0.349 e. The third-order valence-electron chi connectivity index (χ3n) is 4.20. The minimum atomic E-state index is -0.0720. The number of hydrogen-bond donors (Lipinski definition) is 1. The first-order chi connectivity index (χ1) is 8.99. The summed E-state index contributed by atoms with van der Waals surface area (Å²) >= 11 is 9.46. The van der Waals surface area contributed by atoms with Gasteiger partial charge in [0.2, 0.25) is 0 Å². The van der Waals surface area contributed by atoms with Crippen LogP contribution in [0.15, 0.2) is 22.7 Å². The Morgan fingerprint density at radius 1 is 1.37 bits per heavy atom. The zero-order valence-corrected chi connectivity index (χ0v) is 13.6. The van der Waals surface area contributed by atoms with Gasteiger partial charge in [0.1, 0.15) is 0 Å². The van der Waals surface area contributed by atoms with Gasteiger partial charge in [0.25, 0.3) is 5.91 Å². The van der Waals surface area contributed by atoms with Gasteiger partial charge in [-0.3, -0.25) is 4.79 Å². The van der Waals surface area contributed by atoms with Gasteiger partial charge in [-0.1, -0.05) is 54.2 Å². The Morgan fingerprint density at radius 3 is 2.84 bits per heavy atom. The number of halogens is 2. The number of carbonyl (C=O) groups is 1. The fourth-order valence-electron chi connectivity index (χ4n) is 2.70. The van der Waals surface area contributed by atoms with Crippen LogP contribution in [-0.4, -0.2) is 11.9 Å². The molecule has 1 fully saturated rings. The highest BCUT2D eigenvalue weighted by atomic mass is 79.9. The highest BCUT2D eigenvalue weighted by molar-refractivity contribution is 9.10. The number of amides is 1. The van der Waals surface area contributed by atoms with Crippen LogP contribution in [0, 0.1) is 11.8 Å². The van der Waals surface area contributed by atoms with Crippen LogP contribution in [0.1, 0.15) is 43.5 Å². The van der Waals surface area contributed by atoms with Gasteiger partial charge in [0, 0.05) is 10.5 Å². The zero-order chi connectivity index (χ0) is 14.0. The van der Waals surface area contributed by atoms with Crippen molar-refractivity contribution in [3.05, 3.63) is 33.3 Å². The van der Waals surface area contributed by atoms with Gasteiger partial charge in [-0.2, -0.15) is 0 Å². The van der Waals surface area contributed by atoms with Gasteiger partial charge >= 0.3 is 0 Å². The number of nitrogens with one attached hydrogen (secondary N) is 1. The maximum Gasteiger partial charge on any atom is 0.253 e. The molecule has 1 aliphatic rings. The smallest absolute Gasteiger partial charge is 0.253 e. The predicted molar refractivity (Wildman–Crippen MR) is 82.6 cm³/mol. The van der Waals surface area contributed by atoms with E-state index in [1.807, 2.05) is 6.07 Å². The zero-order valence-electron chi connectivity index (χ0n) is 11.2. The number of rotatable bonds is 2. The molecule has 0 aliphatic heterocycles. The SMILES string of the molecule is CC1CCCC(NC(=O)c2cc(Br)ccc2Cl)C1C. The standard InChI is InChI=1S/C15H19BrClNO/c1-9-4-3-5-14(10(9)2)18-15(19)12-8-11(16)6-7-13(12)17/h6-10,14H,3-5H2,1-2H3,(H,18,19). The van der Waals surface area contributed by atoms with Crippen LogP contribution in [0.4, 0.5) is 0 Å². The lowest BCUT2D eigenvalue weighted by atomic mass is 9.78. The molecular weight excluding hydrogens is 326 g/mol. The monoisotopic (exact) mass is 343 g/mol. The van der Waals surface area contributed by atoms with E-state index in [1.54, 1.807) is 12.1 Å². The number of benzene rings is 1. The van der Waals surface area contributed by atoms with E-state index in [1.165, 1.54) is 12.8 Å². The normalized spacial score (nSPS) is 27.1. The van der Waals surface area contributed by atoms with Crippen molar-refractivity contribution >= 4 is 33.4 Å². The van der Waals surface area contributed by atoms with Crippen molar-refractivity contribution in [1.29, 1.82) is 0 Å². The van der Waals surface area contributed by atoms with E-state index < -0.39 is 0 Å². The summed E-state index contributed by atoms with van der Waals surface area (Å²) in [6.45, 7) is 4.48. The van der Waals surface area contributed by atoms with Crippen LogP contribution in [-0.2, 0) is 0 Å². The minimum absolute atomic E-state index is 0.0720. The molecule has 1 aromatic rings. The van der Waals surface area contributed by atoms with Crippen molar-refractivity contribution in [3.8, 4) is 0 Å². The lowest BCUT2D eigenvalue weighted by Gasteiger charge is -2.34. The van der Waals surface area contributed by atoms with Gasteiger partial charge in [0.05, 0.1) is 10.6 Å². The Labute approximate surface area is 128 Å². The van der Waals surface area contributed by atoms with Crippen LogP contribution >= 0.6 is 27.5 Å². The van der Waals surface area contributed by atoms with Crippen molar-refractivity contribution in [3.63, 3.8) is 0 Å². The van der Waals surface area contributed by atoms with Crippen LogP contribution in [0.25, 0.3) is 0 Å². The van der Waals surface area contributed by atoms with E-state index in [-0.39, 0.29) is 11.9 Å². The maximum atomic E-state index is 12.3. The van der Waals surface area contributed by atoms with Crippen molar-refractivity contribution in [2.24, 2.45) is 11.8 Å². The summed E-state index contributed by atoms with van der Waals surface area (Å²) in [5.41, 5.74) is 0.543. The molecule has 1 N–H and O–H groups in total.